The summed E-state index contributed by atoms with van der Waals surface area (Å²) in [5.74, 6) is -1.21. The van der Waals surface area contributed by atoms with Crippen molar-refractivity contribution in [3.8, 4) is 0 Å². The Labute approximate surface area is 166 Å². The zero-order chi connectivity index (χ0) is 21.5. The van der Waals surface area contributed by atoms with Crippen LogP contribution in [0.4, 0.5) is 0 Å². The van der Waals surface area contributed by atoms with Crippen LogP contribution >= 0.6 is 0 Å². The number of carbonyl (C=O) groups excluding carboxylic acids is 2. The summed E-state index contributed by atoms with van der Waals surface area (Å²) in [6.45, 7) is 12.0. The van der Waals surface area contributed by atoms with Gasteiger partial charge in [-0.05, 0) is 41.5 Å². The fourth-order valence-corrected chi connectivity index (χ4v) is 1.26. The quantitative estimate of drug-likeness (QED) is 0.224. The molecule has 0 spiro atoms. The minimum atomic E-state index is -0.605. The van der Waals surface area contributed by atoms with Crippen molar-refractivity contribution in [1.82, 2.24) is 0 Å². The molecule has 0 aliphatic rings. The van der Waals surface area contributed by atoms with E-state index in [9.17, 15) is 9.59 Å². The number of rotatable bonds is 15. The number of hydrogen-bond donors (Lipinski definition) is 0. The molecule has 0 saturated heterocycles. The molecule has 0 amide bonds. The Morgan fingerprint density at radius 3 is 1.11 bits per heavy atom. The molecule has 0 aromatic rings. The lowest BCUT2D eigenvalue weighted by atomic mass is 10.2. The molecule has 0 rings (SSSR count). The molecular weight excluding hydrogens is 376 g/mol. The van der Waals surface area contributed by atoms with E-state index in [0.29, 0.717) is 26.4 Å². The zero-order valence-corrected chi connectivity index (χ0v) is 17.7. The zero-order valence-electron chi connectivity index (χ0n) is 17.7. The Morgan fingerprint density at radius 1 is 0.536 bits per heavy atom. The molecule has 0 N–H and O–H groups in total. The second-order valence-corrected chi connectivity index (χ2v) is 7.63. The van der Waals surface area contributed by atoms with Gasteiger partial charge in [-0.2, -0.15) is 9.78 Å². The van der Waals surface area contributed by atoms with Crippen molar-refractivity contribution in [3.05, 3.63) is 0 Å². The van der Waals surface area contributed by atoms with E-state index >= 15 is 0 Å². The van der Waals surface area contributed by atoms with Crippen LogP contribution < -0.4 is 0 Å². The molecule has 0 unspecified atom stereocenters. The minimum Gasteiger partial charge on any atom is -0.377 e. The SMILES string of the molecule is CC(C)(C)OOC(=O)COCCOCCOCCOCC(=O)OOC(C)(C)C. The molecule has 10 nitrogen and oxygen atoms in total. The van der Waals surface area contributed by atoms with Crippen molar-refractivity contribution in [3.63, 3.8) is 0 Å². The van der Waals surface area contributed by atoms with Gasteiger partial charge in [0, 0.05) is 0 Å². The molecule has 0 aromatic heterocycles. The highest BCUT2D eigenvalue weighted by molar-refractivity contribution is 5.70. The summed E-state index contributed by atoms with van der Waals surface area (Å²) >= 11 is 0. The van der Waals surface area contributed by atoms with E-state index in [2.05, 4.69) is 9.78 Å². The van der Waals surface area contributed by atoms with Gasteiger partial charge in [-0.3, -0.25) is 9.78 Å². The van der Waals surface area contributed by atoms with Crippen molar-refractivity contribution in [2.45, 2.75) is 52.7 Å². The van der Waals surface area contributed by atoms with E-state index in [0.717, 1.165) is 0 Å². The van der Waals surface area contributed by atoms with Crippen LogP contribution in [-0.4, -0.2) is 76.0 Å². The van der Waals surface area contributed by atoms with Gasteiger partial charge in [-0.15, -0.1) is 0 Å². The third kappa shape index (κ3) is 21.0. The van der Waals surface area contributed by atoms with Crippen molar-refractivity contribution in [2.24, 2.45) is 0 Å². The summed E-state index contributed by atoms with van der Waals surface area (Å²) in [6.07, 6.45) is 0. The van der Waals surface area contributed by atoms with E-state index < -0.39 is 23.1 Å². The van der Waals surface area contributed by atoms with Gasteiger partial charge >= 0.3 is 11.9 Å². The Bertz CT molecular complexity index is 385. The van der Waals surface area contributed by atoms with E-state index in [-0.39, 0.29) is 26.4 Å². The van der Waals surface area contributed by atoms with Crippen LogP contribution in [0.3, 0.4) is 0 Å². The standard InChI is InChI=1S/C18H34O10/c1-17(2,3)27-25-15(19)13-23-11-9-21-7-8-22-10-12-24-14-16(20)26-28-18(4,5)6/h7-14H2,1-6H3. The summed E-state index contributed by atoms with van der Waals surface area (Å²) in [6, 6.07) is 0. The molecule has 0 fully saturated rings. The van der Waals surface area contributed by atoms with Crippen molar-refractivity contribution in [1.29, 1.82) is 0 Å². The molecule has 0 aliphatic carbocycles. The van der Waals surface area contributed by atoms with Gasteiger partial charge in [-0.25, -0.2) is 9.59 Å². The molecule has 166 valence electrons. The lowest BCUT2D eigenvalue weighted by molar-refractivity contribution is -0.322. The van der Waals surface area contributed by atoms with Gasteiger partial charge in [0.25, 0.3) is 0 Å². The van der Waals surface area contributed by atoms with Crippen molar-refractivity contribution in [2.75, 3.05) is 52.9 Å². The van der Waals surface area contributed by atoms with Crippen LogP contribution in [0.2, 0.25) is 0 Å². The van der Waals surface area contributed by atoms with Gasteiger partial charge in [-0.1, -0.05) is 0 Å². The van der Waals surface area contributed by atoms with Crippen LogP contribution in [0.1, 0.15) is 41.5 Å². The summed E-state index contributed by atoms with van der Waals surface area (Å²) < 4.78 is 20.7. The van der Waals surface area contributed by atoms with Crippen LogP contribution in [0.5, 0.6) is 0 Å². The molecule has 28 heavy (non-hydrogen) atoms. The molecule has 0 bridgehead atoms. The Balaban J connectivity index is 3.32. The normalized spacial score (nSPS) is 12.1. The number of carbonyl (C=O) groups is 2. The fourth-order valence-electron chi connectivity index (χ4n) is 1.26. The predicted octanol–water partition coefficient (Wildman–Crippen LogP) is 1.60. The molecule has 0 atom stereocenters. The fraction of sp³-hybridized carbons (Fsp3) is 0.889. The molecule has 0 saturated carbocycles. The second kappa shape index (κ2) is 14.7. The third-order valence-corrected chi connectivity index (χ3v) is 2.33. The molecule has 10 heteroatoms. The highest BCUT2D eigenvalue weighted by Crippen LogP contribution is 2.07. The van der Waals surface area contributed by atoms with Gasteiger partial charge in [0.1, 0.15) is 24.4 Å². The van der Waals surface area contributed by atoms with Gasteiger partial charge in [0.05, 0.1) is 39.6 Å². The second-order valence-electron chi connectivity index (χ2n) is 7.63. The van der Waals surface area contributed by atoms with Gasteiger partial charge < -0.3 is 18.9 Å². The Kier molecular flexibility index (Phi) is 14.0. The van der Waals surface area contributed by atoms with Crippen LogP contribution in [0.25, 0.3) is 0 Å². The largest absolute Gasteiger partial charge is 0.377 e. The van der Waals surface area contributed by atoms with E-state index in [1.165, 1.54) is 0 Å². The summed E-state index contributed by atoms with van der Waals surface area (Å²) in [5, 5.41) is 0. The topological polar surface area (TPSA) is 108 Å². The van der Waals surface area contributed by atoms with E-state index in [1.54, 1.807) is 41.5 Å². The summed E-state index contributed by atoms with van der Waals surface area (Å²) in [5.41, 5.74) is -1.12. The lowest BCUT2D eigenvalue weighted by Gasteiger charge is -2.16. The summed E-state index contributed by atoms with van der Waals surface area (Å²) in [7, 11) is 0. The first-order chi connectivity index (χ1) is 13.0. The van der Waals surface area contributed by atoms with Crippen molar-refractivity contribution < 1.29 is 48.1 Å². The van der Waals surface area contributed by atoms with Crippen LogP contribution in [0, 0.1) is 0 Å². The van der Waals surface area contributed by atoms with Gasteiger partial charge in [0.15, 0.2) is 0 Å². The lowest BCUT2D eigenvalue weighted by Crippen LogP contribution is -2.24. The first kappa shape index (κ1) is 26.7. The summed E-state index contributed by atoms with van der Waals surface area (Å²) in [4.78, 5) is 41.4. The first-order valence-electron chi connectivity index (χ1n) is 9.07. The maximum Gasteiger partial charge on any atom is 0.367 e. The number of ether oxygens (including phenoxy) is 4. The maximum atomic E-state index is 11.3. The van der Waals surface area contributed by atoms with Crippen LogP contribution in [0.15, 0.2) is 0 Å². The third-order valence-electron chi connectivity index (χ3n) is 2.33. The molecule has 0 radical (unpaired) electrons. The minimum absolute atomic E-state index is 0.212. The highest BCUT2D eigenvalue weighted by atomic mass is 17.2. The van der Waals surface area contributed by atoms with Gasteiger partial charge in [0.2, 0.25) is 0 Å². The first-order valence-corrected chi connectivity index (χ1v) is 9.07. The maximum absolute atomic E-state index is 11.3. The van der Waals surface area contributed by atoms with E-state index in [4.69, 9.17) is 28.7 Å². The molecule has 0 aromatic carbocycles. The predicted molar refractivity (Wildman–Crippen MR) is 97.1 cm³/mol. The number of hydrogen-bond acceptors (Lipinski definition) is 10. The van der Waals surface area contributed by atoms with E-state index in [1.807, 2.05) is 0 Å². The Morgan fingerprint density at radius 2 is 0.821 bits per heavy atom. The molecular formula is C18H34O10. The molecule has 0 aliphatic heterocycles. The Hall–Kier alpha value is -1.30. The monoisotopic (exact) mass is 410 g/mol. The smallest absolute Gasteiger partial charge is 0.367 e. The average molecular weight is 410 g/mol. The van der Waals surface area contributed by atoms with Crippen LogP contribution in [-0.2, 0) is 48.1 Å². The highest BCUT2D eigenvalue weighted by Gasteiger charge is 2.16. The van der Waals surface area contributed by atoms with Crippen molar-refractivity contribution >= 4 is 11.9 Å². The molecule has 0 heterocycles. The average Bonchev–Trinajstić information content (AvgIpc) is 2.58.